The van der Waals surface area contributed by atoms with Crippen molar-refractivity contribution in [2.45, 2.75) is 58.5 Å². The second-order valence-corrected chi connectivity index (χ2v) is 6.36. The molecule has 4 heteroatoms. The van der Waals surface area contributed by atoms with Gasteiger partial charge in [-0.1, -0.05) is 69.9 Å². The number of ether oxygens (including phenoxy) is 2. The van der Waals surface area contributed by atoms with Crippen LogP contribution in [0.3, 0.4) is 0 Å². The maximum atomic E-state index is 12.4. The first-order valence-electron chi connectivity index (χ1n) is 9.59. The second-order valence-electron chi connectivity index (χ2n) is 6.36. The molecule has 1 unspecified atom stereocenters. The Balaban J connectivity index is 1.82. The molecule has 140 valence electrons. The summed E-state index contributed by atoms with van der Waals surface area (Å²) in [7, 11) is 0. The highest BCUT2D eigenvalue weighted by atomic mass is 16.5. The Morgan fingerprint density at radius 2 is 1.77 bits per heavy atom. The molecule has 0 fully saturated rings. The van der Waals surface area contributed by atoms with Gasteiger partial charge in [0.1, 0.15) is 6.10 Å². The minimum Gasteiger partial charge on any atom is -0.478 e. The van der Waals surface area contributed by atoms with E-state index < -0.39 is 0 Å². The molecule has 0 aliphatic rings. The molecular formula is C22H29NO3. The molecule has 1 atom stereocenters. The zero-order valence-corrected chi connectivity index (χ0v) is 15.8. The van der Waals surface area contributed by atoms with Crippen LogP contribution in [-0.2, 0) is 4.74 Å². The third kappa shape index (κ3) is 6.51. The Kier molecular flexibility index (Phi) is 8.67. The van der Waals surface area contributed by atoms with Gasteiger partial charge in [0.05, 0.1) is 12.2 Å². The van der Waals surface area contributed by atoms with E-state index in [0.29, 0.717) is 18.1 Å². The van der Waals surface area contributed by atoms with Crippen molar-refractivity contribution in [3.63, 3.8) is 0 Å². The molecule has 0 radical (unpaired) electrons. The van der Waals surface area contributed by atoms with E-state index in [1.165, 1.54) is 31.9 Å². The summed E-state index contributed by atoms with van der Waals surface area (Å²) in [6.45, 7) is 4.86. The highest BCUT2D eigenvalue weighted by molar-refractivity contribution is 5.89. The van der Waals surface area contributed by atoms with Crippen LogP contribution in [0.4, 0.5) is 0 Å². The van der Waals surface area contributed by atoms with E-state index in [2.05, 4.69) is 11.9 Å². The molecule has 1 aromatic carbocycles. The Labute approximate surface area is 156 Å². The van der Waals surface area contributed by atoms with Crippen molar-refractivity contribution in [1.29, 1.82) is 0 Å². The van der Waals surface area contributed by atoms with E-state index in [0.717, 1.165) is 18.4 Å². The molecule has 4 nitrogen and oxygen atoms in total. The third-order valence-corrected chi connectivity index (χ3v) is 4.26. The minimum atomic E-state index is -0.362. The molecule has 0 amide bonds. The van der Waals surface area contributed by atoms with Crippen LogP contribution in [0.1, 0.15) is 74.4 Å². The maximum Gasteiger partial charge on any atom is 0.340 e. The van der Waals surface area contributed by atoms with Crippen LogP contribution >= 0.6 is 0 Å². The van der Waals surface area contributed by atoms with Crippen LogP contribution in [-0.4, -0.2) is 17.6 Å². The quantitative estimate of drug-likeness (QED) is 0.381. The second kappa shape index (κ2) is 11.3. The number of benzene rings is 1. The predicted molar refractivity (Wildman–Crippen MR) is 103 cm³/mol. The number of carbonyl (C=O) groups is 1. The molecule has 0 N–H and O–H groups in total. The number of aromatic nitrogens is 1. The molecule has 2 aromatic rings. The van der Waals surface area contributed by atoms with Gasteiger partial charge in [0.15, 0.2) is 0 Å². The first-order valence-corrected chi connectivity index (χ1v) is 9.59. The average molecular weight is 355 g/mol. The van der Waals surface area contributed by atoms with Gasteiger partial charge in [-0.05, 0) is 24.5 Å². The van der Waals surface area contributed by atoms with Crippen LogP contribution in [0, 0.1) is 0 Å². The monoisotopic (exact) mass is 355 g/mol. The molecule has 0 spiro atoms. The fourth-order valence-electron chi connectivity index (χ4n) is 2.72. The summed E-state index contributed by atoms with van der Waals surface area (Å²) in [6, 6.07) is 13.2. The number of nitrogens with zero attached hydrogens (tertiary/aromatic N) is 1. The Morgan fingerprint density at radius 1 is 1.00 bits per heavy atom. The number of hydrogen-bond acceptors (Lipinski definition) is 4. The lowest BCUT2D eigenvalue weighted by atomic mass is 10.1. The molecular weight excluding hydrogens is 326 g/mol. The summed E-state index contributed by atoms with van der Waals surface area (Å²) in [6.07, 6.45) is 7.96. The number of hydrogen-bond donors (Lipinski definition) is 0. The van der Waals surface area contributed by atoms with Crippen molar-refractivity contribution in [2.75, 3.05) is 6.61 Å². The fraction of sp³-hybridized carbons (Fsp3) is 0.455. The van der Waals surface area contributed by atoms with Gasteiger partial charge in [0, 0.05) is 12.3 Å². The topological polar surface area (TPSA) is 48.4 Å². The lowest BCUT2D eigenvalue weighted by molar-refractivity contribution is 0.0287. The number of esters is 1. The highest BCUT2D eigenvalue weighted by Crippen LogP contribution is 2.22. The Hall–Kier alpha value is -2.36. The van der Waals surface area contributed by atoms with E-state index in [9.17, 15) is 4.79 Å². The van der Waals surface area contributed by atoms with Crippen LogP contribution in [0.25, 0.3) is 0 Å². The predicted octanol–water partition coefficient (Wildman–Crippen LogP) is 5.74. The number of carbonyl (C=O) groups excluding carboxylic acids is 1. The van der Waals surface area contributed by atoms with Gasteiger partial charge in [0.25, 0.3) is 0 Å². The van der Waals surface area contributed by atoms with Crippen molar-refractivity contribution in [3.05, 3.63) is 59.8 Å². The zero-order valence-electron chi connectivity index (χ0n) is 15.8. The SMILES string of the molecule is CCCCCCCOc1ccc(C(=O)OC(CC)c2ccccc2)cn1. The van der Waals surface area contributed by atoms with Gasteiger partial charge in [-0.3, -0.25) is 0 Å². The third-order valence-electron chi connectivity index (χ3n) is 4.26. The van der Waals surface area contributed by atoms with Crippen molar-refractivity contribution in [1.82, 2.24) is 4.98 Å². The molecule has 26 heavy (non-hydrogen) atoms. The van der Waals surface area contributed by atoms with Gasteiger partial charge in [-0.25, -0.2) is 9.78 Å². The molecule has 0 saturated heterocycles. The van der Waals surface area contributed by atoms with Crippen molar-refractivity contribution in [3.8, 4) is 5.88 Å². The summed E-state index contributed by atoms with van der Waals surface area (Å²) >= 11 is 0. The number of unbranched alkanes of at least 4 members (excludes halogenated alkanes) is 4. The Morgan fingerprint density at radius 3 is 2.42 bits per heavy atom. The molecule has 0 saturated carbocycles. The van der Waals surface area contributed by atoms with Gasteiger partial charge in [-0.2, -0.15) is 0 Å². The summed E-state index contributed by atoms with van der Waals surface area (Å²) in [5.74, 6) is 0.187. The van der Waals surface area contributed by atoms with Gasteiger partial charge in [0.2, 0.25) is 5.88 Å². The van der Waals surface area contributed by atoms with E-state index >= 15 is 0 Å². The lowest BCUT2D eigenvalue weighted by Gasteiger charge is -2.16. The summed E-state index contributed by atoms with van der Waals surface area (Å²) in [4.78, 5) is 16.6. The molecule has 0 aliphatic carbocycles. The largest absolute Gasteiger partial charge is 0.478 e. The lowest BCUT2D eigenvalue weighted by Crippen LogP contribution is -2.11. The Bertz CT molecular complexity index is 640. The summed E-state index contributed by atoms with van der Waals surface area (Å²) in [5, 5.41) is 0. The number of pyridine rings is 1. The number of rotatable bonds is 11. The molecule has 0 bridgehead atoms. The van der Waals surface area contributed by atoms with Crippen molar-refractivity contribution in [2.24, 2.45) is 0 Å². The standard InChI is InChI=1S/C22H29NO3/c1-3-5-6-7-11-16-25-21-15-14-19(17-23-21)22(24)26-20(4-2)18-12-9-8-10-13-18/h8-10,12-15,17,20H,3-7,11,16H2,1-2H3. The van der Waals surface area contributed by atoms with Crippen molar-refractivity contribution >= 4 is 5.97 Å². The summed E-state index contributed by atoms with van der Waals surface area (Å²) in [5.41, 5.74) is 1.44. The van der Waals surface area contributed by atoms with Crippen LogP contribution < -0.4 is 4.74 Å². The smallest absolute Gasteiger partial charge is 0.340 e. The summed E-state index contributed by atoms with van der Waals surface area (Å²) < 4.78 is 11.3. The van der Waals surface area contributed by atoms with Crippen LogP contribution in [0.5, 0.6) is 5.88 Å². The normalized spacial score (nSPS) is 11.8. The first-order chi connectivity index (χ1) is 12.7. The van der Waals surface area contributed by atoms with Crippen molar-refractivity contribution < 1.29 is 14.3 Å². The van der Waals surface area contributed by atoms with E-state index in [1.54, 1.807) is 12.1 Å². The van der Waals surface area contributed by atoms with Gasteiger partial charge >= 0.3 is 5.97 Å². The van der Waals surface area contributed by atoms with Gasteiger partial charge in [-0.15, -0.1) is 0 Å². The average Bonchev–Trinajstić information content (AvgIpc) is 2.69. The minimum absolute atomic E-state index is 0.247. The first kappa shape index (κ1) is 20.0. The highest BCUT2D eigenvalue weighted by Gasteiger charge is 2.16. The molecule has 0 aliphatic heterocycles. The molecule has 1 heterocycles. The van der Waals surface area contributed by atoms with E-state index in [4.69, 9.17) is 9.47 Å². The maximum absolute atomic E-state index is 12.4. The molecule has 1 aromatic heterocycles. The van der Waals surface area contributed by atoms with Crippen LogP contribution in [0.15, 0.2) is 48.7 Å². The van der Waals surface area contributed by atoms with Gasteiger partial charge < -0.3 is 9.47 Å². The van der Waals surface area contributed by atoms with E-state index in [1.807, 2.05) is 37.3 Å². The molecule has 2 rings (SSSR count). The zero-order chi connectivity index (χ0) is 18.6. The van der Waals surface area contributed by atoms with E-state index in [-0.39, 0.29) is 12.1 Å². The van der Waals surface area contributed by atoms with Crippen LogP contribution in [0.2, 0.25) is 0 Å². The fourth-order valence-corrected chi connectivity index (χ4v) is 2.72.